The smallest absolute Gasteiger partial charge is 0.189 e. The second-order valence-corrected chi connectivity index (χ2v) is 5.50. The van der Waals surface area contributed by atoms with Crippen molar-refractivity contribution in [3.8, 4) is 6.19 Å². The quantitative estimate of drug-likeness (QED) is 0.584. The van der Waals surface area contributed by atoms with Crippen LogP contribution in [-0.4, -0.2) is 14.3 Å². The molecule has 2 N–H and O–H groups in total. The first kappa shape index (κ1) is 11.1. The van der Waals surface area contributed by atoms with Crippen LogP contribution >= 0.6 is 11.3 Å². The molecule has 0 aromatic carbocycles. The van der Waals surface area contributed by atoms with Crippen LogP contribution in [0, 0.1) is 11.5 Å². The summed E-state index contributed by atoms with van der Waals surface area (Å²) in [6.45, 7) is 3.19. The fraction of sp³-hybridized carbons (Fsp3) is 0.429. The lowest BCUT2D eigenvalue weighted by Gasteiger charge is -2.11. The third-order valence-electron chi connectivity index (χ3n) is 1.33. The van der Waals surface area contributed by atoms with Crippen molar-refractivity contribution in [2.75, 3.05) is 0 Å². The summed E-state index contributed by atoms with van der Waals surface area (Å²) in [5.74, 6) is 0. The molecular weight excluding hydrogens is 222 g/mol. The molecule has 1 heterocycles. The van der Waals surface area contributed by atoms with Gasteiger partial charge in [0.05, 0.1) is 6.20 Å². The molecule has 0 spiro atoms. The number of aromatic nitrogens is 1. The van der Waals surface area contributed by atoms with Gasteiger partial charge in [0.1, 0.15) is 14.8 Å². The van der Waals surface area contributed by atoms with Crippen LogP contribution in [0.25, 0.3) is 0 Å². The van der Waals surface area contributed by atoms with E-state index in [1.807, 2.05) is 0 Å². The maximum absolute atomic E-state index is 11.3. The molecule has 0 saturated carbocycles. The van der Waals surface area contributed by atoms with Gasteiger partial charge in [-0.1, -0.05) is 0 Å². The highest BCUT2D eigenvalue weighted by Crippen LogP contribution is 2.26. The van der Waals surface area contributed by atoms with E-state index in [1.54, 1.807) is 20.0 Å². The van der Waals surface area contributed by atoms with Gasteiger partial charge in [0, 0.05) is 0 Å². The molecule has 0 radical (unpaired) electrons. The van der Waals surface area contributed by atoms with Crippen LogP contribution in [-0.2, 0) is 16.6 Å². The van der Waals surface area contributed by atoms with Crippen LogP contribution in [0.3, 0.4) is 0 Å². The minimum Gasteiger partial charge on any atom is -0.383 e. The second kappa shape index (κ2) is 4.04. The Labute approximate surface area is 88.0 Å². The lowest BCUT2D eigenvalue weighted by molar-refractivity contribution is 0.0783. The first-order valence-electron chi connectivity index (χ1n) is 3.70. The molecule has 76 valence electrons. The van der Waals surface area contributed by atoms with Gasteiger partial charge in [-0.3, -0.25) is 0 Å². The molecule has 1 aromatic heterocycles. The van der Waals surface area contributed by atoms with Gasteiger partial charge >= 0.3 is 0 Å². The van der Waals surface area contributed by atoms with Gasteiger partial charge in [0.2, 0.25) is 0 Å². The molecule has 0 aliphatic heterocycles. The Morgan fingerprint density at radius 2 is 2.43 bits per heavy atom. The molecule has 0 bridgehead atoms. The topological polar surface area (TPSA) is 86.0 Å². The molecule has 1 atom stereocenters. The van der Waals surface area contributed by atoms with Gasteiger partial charge in [0.25, 0.3) is 0 Å². The zero-order valence-electron chi connectivity index (χ0n) is 7.64. The Morgan fingerprint density at radius 1 is 1.79 bits per heavy atom. The number of hydrogen-bond donors (Lipinski definition) is 2. The molecule has 0 saturated heterocycles. The lowest BCUT2D eigenvalue weighted by Crippen LogP contribution is -2.14. The van der Waals surface area contributed by atoms with Gasteiger partial charge in [0.15, 0.2) is 17.2 Å². The third kappa shape index (κ3) is 2.51. The standard InChI is InChI=1S/C7H9N3O2S2/c1-7(2,11)6-9-3-5(13-6)14(12)10-4-8/h3,10-11H,1-2H3/t14-/m1/s1. The van der Waals surface area contributed by atoms with Crippen molar-refractivity contribution < 1.29 is 9.32 Å². The summed E-state index contributed by atoms with van der Waals surface area (Å²) in [7, 11) is -1.56. The first-order valence-corrected chi connectivity index (χ1v) is 5.67. The van der Waals surface area contributed by atoms with Crippen molar-refractivity contribution in [2.45, 2.75) is 23.7 Å². The number of rotatable bonds is 3. The molecule has 5 nitrogen and oxygen atoms in total. The number of nitrogens with zero attached hydrogens (tertiary/aromatic N) is 2. The zero-order chi connectivity index (χ0) is 10.8. The monoisotopic (exact) mass is 231 g/mol. The molecule has 7 heteroatoms. The van der Waals surface area contributed by atoms with Crippen LogP contribution < -0.4 is 4.72 Å². The fourth-order valence-electron chi connectivity index (χ4n) is 0.720. The summed E-state index contributed by atoms with van der Waals surface area (Å²) in [6, 6.07) is 0. The van der Waals surface area contributed by atoms with E-state index >= 15 is 0 Å². The highest BCUT2D eigenvalue weighted by molar-refractivity contribution is 7.85. The Balaban J connectivity index is 2.90. The molecule has 0 aliphatic carbocycles. The highest BCUT2D eigenvalue weighted by Gasteiger charge is 2.21. The van der Waals surface area contributed by atoms with E-state index in [1.165, 1.54) is 6.20 Å². The van der Waals surface area contributed by atoms with E-state index in [2.05, 4.69) is 9.71 Å². The van der Waals surface area contributed by atoms with E-state index in [0.717, 1.165) is 11.3 Å². The Morgan fingerprint density at radius 3 is 2.86 bits per heavy atom. The molecule has 0 aliphatic rings. The van der Waals surface area contributed by atoms with Crippen molar-refractivity contribution in [1.82, 2.24) is 9.71 Å². The van der Waals surface area contributed by atoms with Crippen LogP contribution in [0.2, 0.25) is 0 Å². The highest BCUT2D eigenvalue weighted by atomic mass is 32.2. The predicted molar refractivity (Wildman–Crippen MR) is 52.5 cm³/mol. The maximum atomic E-state index is 11.3. The minimum absolute atomic E-state index is 0.420. The molecule has 1 aromatic rings. The number of hydrogen-bond acceptors (Lipinski definition) is 5. The summed E-state index contributed by atoms with van der Waals surface area (Å²) in [4.78, 5) is 3.92. The minimum atomic E-state index is -1.56. The van der Waals surface area contributed by atoms with Crippen LogP contribution in [0.15, 0.2) is 10.4 Å². The number of nitrogens with one attached hydrogen (secondary N) is 1. The van der Waals surface area contributed by atoms with Crippen LogP contribution in [0.5, 0.6) is 0 Å². The van der Waals surface area contributed by atoms with Crippen LogP contribution in [0.4, 0.5) is 0 Å². The molecule has 0 amide bonds. The molecule has 1 rings (SSSR count). The number of nitriles is 1. The SMILES string of the molecule is CC(C)(O)c1ncc([S@@](=O)NC#N)s1. The van der Waals surface area contributed by atoms with E-state index in [4.69, 9.17) is 5.26 Å². The largest absolute Gasteiger partial charge is 0.383 e. The number of thiazole rings is 1. The Hall–Kier alpha value is -0.970. The van der Waals surface area contributed by atoms with E-state index < -0.39 is 16.6 Å². The Bertz CT molecular complexity index is 388. The summed E-state index contributed by atoms with van der Waals surface area (Å²) < 4.78 is 13.8. The summed E-state index contributed by atoms with van der Waals surface area (Å²) in [5, 5.41) is 18.3. The average molecular weight is 231 g/mol. The van der Waals surface area contributed by atoms with Gasteiger partial charge in [-0.25, -0.2) is 13.9 Å². The first-order chi connectivity index (χ1) is 6.45. The molecular formula is C7H9N3O2S2. The van der Waals surface area contributed by atoms with Gasteiger partial charge in [-0.05, 0) is 13.8 Å². The fourth-order valence-corrected chi connectivity index (χ4v) is 2.37. The summed E-state index contributed by atoms with van der Waals surface area (Å²) in [5.41, 5.74) is -1.04. The average Bonchev–Trinajstić information content (AvgIpc) is 2.51. The van der Waals surface area contributed by atoms with Crippen LogP contribution in [0.1, 0.15) is 18.9 Å². The summed E-state index contributed by atoms with van der Waals surface area (Å²) >= 11 is 1.11. The van der Waals surface area contributed by atoms with Gasteiger partial charge in [-0.15, -0.1) is 11.3 Å². The van der Waals surface area contributed by atoms with Crippen molar-refractivity contribution in [3.05, 3.63) is 11.2 Å². The second-order valence-electron chi connectivity index (χ2n) is 3.03. The van der Waals surface area contributed by atoms with E-state index in [9.17, 15) is 9.32 Å². The van der Waals surface area contributed by atoms with Crippen molar-refractivity contribution >= 4 is 22.3 Å². The van der Waals surface area contributed by atoms with E-state index in [-0.39, 0.29) is 0 Å². The summed E-state index contributed by atoms with van der Waals surface area (Å²) in [6.07, 6.45) is 2.97. The molecule has 0 fully saturated rings. The van der Waals surface area contributed by atoms with E-state index in [0.29, 0.717) is 9.22 Å². The predicted octanol–water partition coefficient (Wildman–Crippen LogP) is 0.464. The van der Waals surface area contributed by atoms with Crippen molar-refractivity contribution in [3.63, 3.8) is 0 Å². The van der Waals surface area contributed by atoms with Crippen molar-refractivity contribution in [2.24, 2.45) is 0 Å². The Kier molecular flexibility index (Phi) is 3.21. The molecule has 0 unspecified atom stereocenters. The third-order valence-corrected chi connectivity index (χ3v) is 3.89. The lowest BCUT2D eigenvalue weighted by atomic mass is 10.2. The molecule has 14 heavy (non-hydrogen) atoms. The maximum Gasteiger partial charge on any atom is 0.189 e. The van der Waals surface area contributed by atoms with Gasteiger partial charge < -0.3 is 5.11 Å². The van der Waals surface area contributed by atoms with Gasteiger partial charge in [-0.2, -0.15) is 5.26 Å². The van der Waals surface area contributed by atoms with Crippen molar-refractivity contribution in [1.29, 1.82) is 5.26 Å². The zero-order valence-corrected chi connectivity index (χ0v) is 9.28. The number of aliphatic hydroxyl groups is 1. The normalized spacial score (nSPS) is 13.3.